The lowest BCUT2D eigenvalue weighted by Gasteiger charge is -2.11. The Kier molecular flexibility index (Phi) is 2.44. The minimum Gasteiger partial charge on any atom is -0.469 e. The van der Waals surface area contributed by atoms with E-state index >= 15 is 0 Å². The fourth-order valence-electron chi connectivity index (χ4n) is 1.97. The van der Waals surface area contributed by atoms with Crippen molar-refractivity contribution in [2.75, 3.05) is 7.11 Å². The number of hydrogen-bond acceptors (Lipinski definition) is 3. The number of halogens is 1. The molecule has 0 saturated carbocycles. The Bertz CT molecular complexity index is 403. The zero-order valence-corrected chi connectivity index (χ0v) is 8.24. The molecule has 0 fully saturated rings. The molecule has 2 unspecified atom stereocenters. The molecule has 3 nitrogen and oxygen atoms in total. The molecule has 80 valence electrons. The maximum Gasteiger partial charge on any atom is 0.311 e. The average molecular weight is 210 g/mol. The summed E-state index contributed by atoms with van der Waals surface area (Å²) in [6.45, 7) is 0. The molecule has 0 aliphatic heterocycles. The lowest BCUT2D eigenvalue weighted by atomic mass is 10.0. The number of fused-ring (bicyclic) bond motifs is 1. The highest BCUT2D eigenvalue weighted by atomic mass is 19.1. The standard InChI is InChI=1S/C11H11FO3/c1-15-11(14)9-5-6-4-7(12)2-3-8(6)10(9)13/h2-4,9-10,13H,5H2,1H3. The Morgan fingerprint density at radius 3 is 3.00 bits per heavy atom. The summed E-state index contributed by atoms with van der Waals surface area (Å²) in [7, 11) is 1.28. The molecule has 4 heteroatoms. The first kappa shape index (κ1) is 10.1. The van der Waals surface area contributed by atoms with Crippen molar-refractivity contribution in [2.45, 2.75) is 12.5 Å². The van der Waals surface area contributed by atoms with Gasteiger partial charge in [0.05, 0.1) is 19.1 Å². The second kappa shape index (κ2) is 3.62. The fourth-order valence-corrected chi connectivity index (χ4v) is 1.97. The molecule has 0 saturated heterocycles. The third kappa shape index (κ3) is 1.61. The normalized spacial score (nSPS) is 23.7. The molecule has 15 heavy (non-hydrogen) atoms. The van der Waals surface area contributed by atoms with E-state index in [0.29, 0.717) is 17.5 Å². The number of rotatable bonds is 1. The first-order valence-electron chi connectivity index (χ1n) is 4.67. The third-order valence-corrected chi connectivity index (χ3v) is 2.75. The van der Waals surface area contributed by atoms with Crippen LogP contribution >= 0.6 is 0 Å². The van der Waals surface area contributed by atoms with Gasteiger partial charge in [0.15, 0.2) is 0 Å². The fraction of sp³-hybridized carbons (Fsp3) is 0.364. The first-order chi connectivity index (χ1) is 7.13. The number of aliphatic hydroxyl groups excluding tert-OH is 1. The van der Waals surface area contributed by atoms with Gasteiger partial charge < -0.3 is 9.84 Å². The van der Waals surface area contributed by atoms with Crippen LogP contribution in [0.1, 0.15) is 17.2 Å². The van der Waals surface area contributed by atoms with E-state index in [1.54, 1.807) is 0 Å². The number of methoxy groups -OCH3 is 1. The van der Waals surface area contributed by atoms with E-state index in [0.717, 1.165) is 0 Å². The molecule has 2 atom stereocenters. The highest BCUT2D eigenvalue weighted by molar-refractivity contribution is 5.75. The van der Waals surface area contributed by atoms with Gasteiger partial charge in [0, 0.05) is 0 Å². The van der Waals surface area contributed by atoms with Crippen LogP contribution in [0.15, 0.2) is 18.2 Å². The van der Waals surface area contributed by atoms with Gasteiger partial charge in [0.2, 0.25) is 0 Å². The molecule has 1 N–H and O–H groups in total. The van der Waals surface area contributed by atoms with Gasteiger partial charge in [0.25, 0.3) is 0 Å². The Hall–Kier alpha value is -1.42. The molecule has 0 heterocycles. The van der Waals surface area contributed by atoms with Crippen molar-refractivity contribution in [3.8, 4) is 0 Å². The zero-order chi connectivity index (χ0) is 11.0. The number of esters is 1. The number of aliphatic hydroxyl groups is 1. The Morgan fingerprint density at radius 2 is 2.33 bits per heavy atom. The Labute approximate surface area is 86.5 Å². The van der Waals surface area contributed by atoms with Gasteiger partial charge in [-0.15, -0.1) is 0 Å². The molecule has 1 aliphatic carbocycles. The van der Waals surface area contributed by atoms with Gasteiger partial charge >= 0.3 is 5.97 Å². The summed E-state index contributed by atoms with van der Waals surface area (Å²) in [4.78, 5) is 11.3. The van der Waals surface area contributed by atoms with Crippen LogP contribution in [0.4, 0.5) is 4.39 Å². The predicted octanol–water partition coefficient (Wildman–Crippen LogP) is 1.20. The highest BCUT2D eigenvalue weighted by Gasteiger charge is 2.36. The van der Waals surface area contributed by atoms with Gasteiger partial charge in [-0.2, -0.15) is 0 Å². The smallest absolute Gasteiger partial charge is 0.311 e. The number of ether oxygens (including phenoxy) is 1. The molecule has 0 radical (unpaired) electrons. The largest absolute Gasteiger partial charge is 0.469 e. The maximum atomic E-state index is 12.9. The number of benzene rings is 1. The summed E-state index contributed by atoms with van der Waals surface area (Å²) in [5.74, 6) is -1.42. The Balaban J connectivity index is 2.32. The monoisotopic (exact) mass is 210 g/mol. The van der Waals surface area contributed by atoms with Crippen LogP contribution in [0.25, 0.3) is 0 Å². The summed E-state index contributed by atoms with van der Waals surface area (Å²) >= 11 is 0. The highest BCUT2D eigenvalue weighted by Crippen LogP contribution is 2.36. The van der Waals surface area contributed by atoms with Crippen molar-refractivity contribution < 1.29 is 19.0 Å². The van der Waals surface area contributed by atoms with Crippen LogP contribution in [0.5, 0.6) is 0 Å². The summed E-state index contributed by atoms with van der Waals surface area (Å²) in [6, 6.07) is 4.14. The van der Waals surface area contributed by atoms with Crippen LogP contribution in [0.2, 0.25) is 0 Å². The first-order valence-corrected chi connectivity index (χ1v) is 4.67. The van der Waals surface area contributed by atoms with Gasteiger partial charge in [-0.25, -0.2) is 4.39 Å². The summed E-state index contributed by atoms with van der Waals surface area (Å²) < 4.78 is 17.5. The molecule has 1 aliphatic rings. The van der Waals surface area contributed by atoms with Crippen LogP contribution < -0.4 is 0 Å². The summed E-state index contributed by atoms with van der Waals surface area (Å²) in [5, 5.41) is 9.81. The quantitative estimate of drug-likeness (QED) is 0.708. The molecule has 0 bridgehead atoms. The number of hydrogen-bond donors (Lipinski definition) is 1. The molecular weight excluding hydrogens is 199 g/mol. The SMILES string of the molecule is COC(=O)C1Cc2cc(F)ccc2C1O. The van der Waals surface area contributed by atoms with E-state index in [1.165, 1.54) is 25.3 Å². The number of carbonyl (C=O) groups is 1. The molecule has 2 rings (SSSR count). The summed E-state index contributed by atoms with van der Waals surface area (Å²) in [5.41, 5.74) is 1.30. The predicted molar refractivity (Wildman–Crippen MR) is 50.6 cm³/mol. The van der Waals surface area contributed by atoms with Crippen molar-refractivity contribution >= 4 is 5.97 Å². The molecule has 1 aromatic carbocycles. The summed E-state index contributed by atoms with van der Waals surface area (Å²) in [6.07, 6.45) is -0.547. The van der Waals surface area contributed by atoms with E-state index in [2.05, 4.69) is 4.74 Å². The zero-order valence-electron chi connectivity index (χ0n) is 8.24. The van der Waals surface area contributed by atoms with Crippen molar-refractivity contribution in [1.29, 1.82) is 0 Å². The van der Waals surface area contributed by atoms with Gasteiger partial charge in [-0.1, -0.05) is 6.07 Å². The lowest BCUT2D eigenvalue weighted by Crippen LogP contribution is -2.20. The molecular formula is C11H11FO3. The van der Waals surface area contributed by atoms with E-state index < -0.39 is 18.0 Å². The minimum atomic E-state index is -0.881. The average Bonchev–Trinajstić information content (AvgIpc) is 2.54. The maximum absolute atomic E-state index is 12.9. The van der Waals surface area contributed by atoms with E-state index in [9.17, 15) is 14.3 Å². The topological polar surface area (TPSA) is 46.5 Å². The number of carbonyl (C=O) groups excluding carboxylic acids is 1. The van der Waals surface area contributed by atoms with Crippen molar-refractivity contribution in [3.05, 3.63) is 35.1 Å². The molecule has 0 spiro atoms. The van der Waals surface area contributed by atoms with Crippen LogP contribution in [0.3, 0.4) is 0 Å². The van der Waals surface area contributed by atoms with Crippen molar-refractivity contribution in [3.63, 3.8) is 0 Å². The van der Waals surface area contributed by atoms with Crippen LogP contribution in [0, 0.1) is 11.7 Å². The molecule has 1 aromatic rings. The second-order valence-electron chi connectivity index (χ2n) is 3.62. The van der Waals surface area contributed by atoms with Gasteiger partial charge in [-0.05, 0) is 29.7 Å². The van der Waals surface area contributed by atoms with Gasteiger partial charge in [-0.3, -0.25) is 4.79 Å². The van der Waals surface area contributed by atoms with Crippen LogP contribution in [-0.2, 0) is 16.0 Å². The van der Waals surface area contributed by atoms with E-state index in [1.807, 2.05) is 0 Å². The Morgan fingerprint density at radius 1 is 1.60 bits per heavy atom. The van der Waals surface area contributed by atoms with E-state index in [-0.39, 0.29) is 5.82 Å². The second-order valence-corrected chi connectivity index (χ2v) is 3.62. The minimum absolute atomic E-state index is 0.334. The molecule has 0 aromatic heterocycles. The van der Waals surface area contributed by atoms with Crippen LogP contribution in [-0.4, -0.2) is 18.2 Å². The third-order valence-electron chi connectivity index (χ3n) is 2.75. The molecule has 0 amide bonds. The van der Waals surface area contributed by atoms with Crippen molar-refractivity contribution in [1.82, 2.24) is 0 Å². The van der Waals surface area contributed by atoms with Gasteiger partial charge in [0.1, 0.15) is 5.82 Å². The van der Waals surface area contributed by atoms with E-state index in [4.69, 9.17) is 0 Å². The lowest BCUT2D eigenvalue weighted by molar-refractivity contribution is -0.148. The van der Waals surface area contributed by atoms with Crippen molar-refractivity contribution in [2.24, 2.45) is 5.92 Å².